The van der Waals surface area contributed by atoms with Crippen LogP contribution in [-0.4, -0.2) is 52.0 Å². The van der Waals surface area contributed by atoms with Crippen LogP contribution in [0.3, 0.4) is 0 Å². The Morgan fingerprint density at radius 3 is 2.45 bits per heavy atom. The molecule has 1 unspecified atom stereocenters. The van der Waals surface area contributed by atoms with E-state index in [2.05, 4.69) is 29.5 Å². The molecule has 1 atom stereocenters. The van der Waals surface area contributed by atoms with Gasteiger partial charge in [-0.3, -0.25) is 4.99 Å². The van der Waals surface area contributed by atoms with E-state index in [0.717, 1.165) is 51.2 Å². The SMILES string of the molecule is CCOC(CCNC(=NC)NCCOCC1CC1)C(C)C.I. The van der Waals surface area contributed by atoms with E-state index in [9.17, 15) is 0 Å². The van der Waals surface area contributed by atoms with Crippen LogP contribution >= 0.6 is 24.0 Å². The lowest BCUT2D eigenvalue weighted by molar-refractivity contribution is 0.0258. The molecule has 0 amide bonds. The Labute approximate surface area is 153 Å². The predicted molar refractivity (Wildman–Crippen MR) is 103 cm³/mol. The van der Waals surface area contributed by atoms with E-state index in [1.54, 1.807) is 7.05 Å². The van der Waals surface area contributed by atoms with Crippen LogP contribution in [-0.2, 0) is 9.47 Å². The van der Waals surface area contributed by atoms with Gasteiger partial charge in [-0.2, -0.15) is 0 Å². The maximum atomic E-state index is 5.74. The Morgan fingerprint density at radius 1 is 1.23 bits per heavy atom. The maximum absolute atomic E-state index is 5.74. The van der Waals surface area contributed by atoms with Gasteiger partial charge < -0.3 is 20.1 Å². The van der Waals surface area contributed by atoms with Gasteiger partial charge in [-0.25, -0.2) is 0 Å². The van der Waals surface area contributed by atoms with Crippen molar-refractivity contribution in [3.05, 3.63) is 0 Å². The second kappa shape index (κ2) is 13.4. The zero-order chi connectivity index (χ0) is 15.5. The average molecular weight is 427 g/mol. The zero-order valence-corrected chi connectivity index (χ0v) is 16.9. The first-order valence-electron chi connectivity index (χ1n) is 8.31. The van der Waals surface area contributed by atoms with Crippen LogP contribution in [0.2, 0.25) is 0 Å². The molecule has 1 aliphatic rings. The van der Waals surface area contributed by atoms with Crippen LogP contribution in [0.1, 0.15) is 40.0 Å². The number of hydrogen-bond acceptors (Lipinski definition) is 3. The highest BCUT2D eigenvalue weighted by Gasteiger charge is 2.20. The van der Waals surface area contributed by atoms with Gasteiger partial charge in [0.1, 0.15) is 0 Å². The van der Waals surface area contributed by atoms with Crippen molar-refractivity contribution < 1.29 is 9.47 Å². The van der Waals surface area contributed by atoms with Gasteiger partial charge >= 0.3 is 0 Å². The predicted octanol–water partition coefficient (Wildman–Crippen LogP) is 2.65. The maximum Gasteiger partial charge on any atom is 0.191 e. The van der Waals surface area contributed by atoms with Gasteiger partial charge in [-0.15, -0.1) is 24.0 Å². The zero-order valence-electron chi connectivity index (χ0n) is 14.6. The molecule has 1 aliphatic carbocycles. The number of aliphatic imine (C=N–C) groups is 1. The number of guanidine groups is 1. The molecule has 2 N–H and O–H groups in total. The van der Waals surface area contributed by atoms with Crippen molar-refractivity contribution in [3.63, 3.8) is 0 Å². The van der Waals surface area contributed by atoms with Crippen molar-refractivity contribution in [1.82, 2.24) is 10.6 Å². The number of rotatable bonds is 11. The van der Waals surface area contributed by atoms with Crippen molar-refractivity contribution in [1.29, 1.82) is 0 Å². The Bertz CT molecular complexity index is 297. The minimum atomic E-state index is 0. The van der Waals surface area contributed by atoms with E-state index in [4.69, 9.17) is 9.47 Å². The first-order valence-corrected chi connectivity index (χ1v) is 8.31. The normalized spacial score (nSPS) is 16.3. The topological polar surface area (TPSA) is 54.9 Å². The fourth-order valence-electron chi connectivity index (χ4n) is 2.15. The van der Waals surface area contributed by atoms with Crippen LogP contribution in [0.4, 0.5) is 0 Å². The summed E-state index contributed by atoms with van der Waals surface area (Å²) in [6.07, 6.45) is 3.98. The van der Waals surface area contributed by atoms with Crippen LogP contribution in [0.15, 0.2) is 4.99 Å². The van der Waals surface area contributed by atoms with Crippen LogP contribution in [0.25, 0.3) is 0 Å². The molecule has 6 heteroatoms. The highest BCUT2D eigenvalue weighted by Crippen LogP contribution is 2.28. The van der Waals surface area contributed by atoms with Crippen molar-refractivity contribution in [2.75, 3.05) is 40.0 Å². The Morgan fingerprint density at radius 2 is 1.91 bits per heavy atom. The van der Waals surface area contributed by atoms with Gasteiger partial charge in [-0.05, 0) is 38.0 Å². The molecule has 0 aromatic rings. The summed E-state index contributed by atoms with van der Waals surface area (Å²) in [5.74, 6) is 2.20. The standard InChI is InChI=1S/C16H33N3O2.HI/c1-5-21-15(13(2)3)8-9-18-16(17-4)19-10-11-20-12-14-6-7-14;/h13-15H,5-12H2,1-4H3,(H2,17,18,19);1H. The Hall–Kier alpha value is -0.0800. The molecule has 5 nitrogen and oxygen atoms in total. The van der Waals surface area contributed by atoms with Gasteiger partial charge in [0.15, 0.2) is 5.96 Å². The molecule has 1 fully saturated rings. The first kappa shape index (κ1) is 21.9. The molecule has 0 spiro atoms. The second-order valence-electron chi connectivity index (χ2n) is 5.97. The smallest absolute Gasteiger partial charge is 0.191 e. The summed E-state index contributed by atoms with van der Waals surface area (Å²) in [5.41, 5.74) is 0. The molecule has 1 rings (SSSR count). The monoisotopic (exact) mass is 427 g/mol. The average Bonchev–Trinajstić information content (AvgIpc) is 3.27. The number of nitrogens with zero attached hydrogens (tertiary/aromatic N) is 1. The lowest BCUT2D eigenvalue weighted by Crippen LogP contribution is -2.40. The lowest BCUT2D eigenvalue weighted by atomic mass is 10.0. The fourth-order valence-corrected chi connectivity index (χ4v) is 2.15. The third-order valence-electron chi connectivity index (χ3n) is 3.66. The molecule has 22 heavy (non-hydrogen) atoms. The first-order chi connectivity index (χ1) is 10.2. The Kier molecular flexibility index (Phi) is 13.3. The third kappa shape index (κ3) is 10.6. The van der Waals surface area contributed by atoms with Crippen molar-refractivity contribution in [2.24, 2.45) is 16.8 Å². The molecule has 0 aromatic carbocycles. The summed E-state index contributed by atoms with van der Waals surface area (Å²) in [6.45, 7) is 10.5. The van der Waals surface area contributed by atoms with E-state index >= 15 is 0 Å². The summed E-state index contributed by atoms with van der Waals surface area (Å²) in [5, 5.41) is 6.60. The molecule has 0 saturated heterocycles. The van der Waals surface area contributed by atoms with Gasteiger partial charge in [0.2, 0.25) is 0 Å². The van der Waals surface area contributed by atoms with E-state index < -0.39 is 0 Å². The molecule has 0 bridgehead atoms. The van der Waals surface area contributed by atoms with E-state index in [0.29, 0.717) is 12.0 Å². The van der Waals surface area contributed by atoms with Gasteiger partial charge in [0.05, 0.1) is 12.7 Å². The summed E-state index contributed by atoms with van der Waals surface area (Å²) in [6, 6.07) is 0. The quantitative estimate of drug-likeness (QED) is 0.231. The molecule has 0 aromatic heterocycles. The number of nitrogens with one attached hydrogen (secondary N) is 2. The summed E-state index contributed by atoms with van der Waals surface area (Å²) >= 11 is 0. The highest BCUT2D eigenvalue weighted by molar-refractivity contribution is 14.0. The largest absolute Gasteiger partial charge is 0.379 e. The molecule has 0 aliphatic heterocycles. The van der Waals surface area contributed by atoms with E-state index in [1.807, 2.05) is 6.92 Å². The van der Waals surface area contributed by atoms with E-state index in [1.165, 1.54) is 12.8 Å². The number of hydrogen-bond donors (Lipinski definition) is 2. The van der Waals surface area contributed by atoms with Gasteiger partial charge in [0, 0.05) is 33.4 Å². The van der Waals surface area contributed by atoms with Crippen molar-refractivity contribution >= 4 is 29.9 Å². The minimum absolute atomic E-state index is 0. The molecular weight excluding hydrogens is 393 g/mol. The number of halogens is 1. The molecule has 0 radical (unpaired) electrons. The molecule has 0 heterocycles. The van der Waals surface area contributed by atoms with Crippen molar-refractivity contribution in [3.8, 4) is 0 Å². The number of ether oxygens (including phenoxy) is 2. The third-order valence-corrected chi connectivity index (χ3v) is 3.66. The summed E-state index contributed by atoms with van der Waals surface area (Å²) in [4.78, 5) is 4.22. The van der Waals surface area contributed by atoms with Crippen LogP contribution in [0, 0.1) is 11.8 Å². The van der Waals surface area contributed by atoms with Gasteiger partial charge in [-0.1, -0.05) is 13.8 Å². The molecule has 1 saturated carbocycles. The Balaban J connectivity index is 0.00000441. The minimum Gasteiger partial charge on any atom is -0.379 e. The van der Waals surface area contributed by atoms with Crippen LogP contribution < -0.4 is 10.6 Å². The van der Waals surface area contributed by atoms with Gasteiger partial charge in [0.25, 0.3) is 0 Å². The summed E-state index contributed by atoms with van der Waals surface area (Å²) in [7, 11) is 1.79. The molecule has 132 valence electrons. The van der Waals surface area contributed by atoms with E-state index in [-0.39, 0.29) is 24.0 Å². The van der Waals surface area contributed by atoms with Crippen molar-refractivity contribution in [2.45, 2.75) is 46.1 Å². The summed E-state index contributed by atoms with van der Waals surface area (Å²) < 4.78 is 11.3. The fraction of sp³-hybridized carbons (Fsp3) is 0.938. The highest BCUT2D eigenvalue weighted by atomic mass is 127. The lowest BCUT2D eigenvalue weighted by Gasteiger charge is -2.21. The van der Waals surface area contributed by atoms with Crippen LogP contribution in [0.5, 0.6) is 0 Å². The molecular formula is C16H34IN3O2. The second-order valence-corrected chi connectivity index (χ2v) is 5.97.